The minimum atomic E-state index is -0.452. The zero-order chi connectivity index (χ0) is 26.1. The number of fused-ring (bicyclic) bond motifs is 1. The van der Waals surface area contributed by atoms with Crippen molar-refractivity contribution >= 4 is 44.2 Å². The van der Waals surface area contributed by atoms with E-state index in [0.29, 0.717) is 33.4 Å². The van der Waals surface area contributed by atoms with Crippen molar-refractivity contribution < 1.29 is 18.7 Å². The predicted octanol–water partition coefficient (Wildman–Crippen LogP) is 6.14. The number of thiazole rings is 1. The number of anilines is 2. The third-order valence-corrected chi connectivity index (χ3v) is 7.15. The van der Waals surface area contributed by atoms with Crippen LogP contribution in [0.25, 0.3) is 10.2 Å². The average molecular weight is 522 g/mol. The summed E-state index contributed by atoms with van der Waals surface area (Å²) in [6.45, 7) is 0. The molecule has 3 aromatic carbocycles. The Morgan fingerprint density at radius 2 is 1.84 bits per heavy atom. The number of hydrogen-bond donors (Lipinski definition) is 2. The highest BCUT2D eigenvalue weighted by atomic mass is 32.1. The van der Waals surface area contributed by atoms with E-state index in [4.69, 9.17) is 9.15 Å². The maximum atomic E-state index is 12.9. The van der Waals surface area contributed by atoms with Crippen molar-refractivity contribution in [1.82, 2.24) is 9.97 Å². The van der Waals surface area contributed by atoms with Gasteiger partial charge in [-0.2, -0.15) is 5.26 Å². The molecule has 0 saturated heterocycles. The van der Waals surface area contributed by atoms with Crippen LogP contribution in [0.15, 0.2) is 83.8 Å². The zero-order valence-electron chi connectivity index (χ0n) is 19.8. The first-order chi connectivity index (χ1) is 18.5. The third-order valence-electron chi connectivity index (χ3n) is 6.21. The van der Waals surface area contributed by atoms with E-state index in [9.17, 15) is 14.9 Å². The Morgan fingerprint density at radius 3 is 2.63 bits per heavy atom. The molecule has 186 valence electrons. The van der Waals surface area contributed by atoms with E-state index < -0.39 is 11.3 Å². The second-order valence-corrected chi connectivity index (χ2v) is 9.87. The highest BCUT2D eigenvalue weighted by molar-refractivity contribution is 7.22. The topological polar surface area (TPSA) is 130 Å². The summed E-state index contributed by atoms with van der Waals surface area (Å²) in [6.07, 6.45) is 4.09. The Morgan fingerprint density at radius 1 is 1.00 bits per heavy atom. The molecule has 9 nitrogen and oxygen atoms in total. The van der Waals surface area contributed by atoms with Crippen LogP contribution in [0.3, 0.4) is 0 Å². The summed E-state index contributed by atoms with van der Waals surface area (Å²) in [5.41, 5.74) is 2.39. The van der Waals surface area contributed by atoms with Crippen LogP contribution in [0.2, 0.25) is 0 Å². The first-order valence-corrected chi connectivity index (χ1v) is 12.5. The van der Waals surface area contributed by atoms with Gasteiger partial charge in [0.1, 0.15) is 17.8 Å². The molecule has 0 radical (unpaired) electrons. The highest BCUT2D eigenvalue weighted by Crippen LogP contribution is 2.47. The van der Waals surface area contributed by atoms with E-state index in [1.165, 1.54) is 24.0 Å². The fraction of sp³-hybridized carbons (Fsp3) is 0.107. The van der Waals surface area contributed by atoms with Crippen LogP contribution in [0.4, 0.5) is 10.8 Å². The van der Waals surface area contributed by atoms with Gasteiger partial charge in [-0.05, 0) is 54.8 Å². The molecule has 10 heteroatoms. The van der Waals surface area contributed by atoms with Gasteiger partial charge < -0.3 is 14.5 Å². The summed E-state index contributed by atoms with van der Waals surface area (Å²) in [5, 5.41) is 15.5. The van der Waals surface area contributed by atoms with Crippen molar-refractivity contribution in [2.45, 2.75) is 18.3 Å². The second-order valence-electron chi connectivity index (χ2n) is 8.84. The summed E-state index contributed by atoms with van der Waals surface area (Å²) < 4.78 is 11.7. The number of amides is 2. The third kappa shape index (κ3) is 4.70. The Hall–Kier alpha value is -5.01. The summed E-state index contributed by atoms with van der Waals surface area (Å²) in [5.74, 6) is 0.459. The minimum Gasteiger partial charge on any atom is -0.457 e. The number of aromatic nitrogens is 2. The van der Waals surface area contributed by atoms with Gasteiger partial charge in [0.15, 0.2) is 17.2 Å². The molecule has 2 N–H and O–H groups in total. The lowest BCUT2D eigenvalue weighted by molar-refractivity contribution is 0.101. The number of benzene rings is 3. The van der Waals surface area contributed by atoms with Gasteiger partial charge in [0.2, 0.25) is 0 Å². The lowest BCUT2D eigenvalue weighted by atomic mass is 9.96. The van der Waals surface area contributed by atoms with Gasteiger partial charge in [-0.15, -0.1) is 0 Å². The number of nitrogens with zero attached hydrogens (tertiary/aromatic N) is 3. The van der Waals surface area contributed by atoms with E-state index >= 15 is 0 Å². The summed E-state index contributed by atoms with van der Waals surface area (Å²) in [4.78, 5) is 33.3. The quantitative estimate of drug-likeness (QED) is 0.263. The van der Waals surface area contributed by atoms with Crippen molar-refractivity contribution in [2.75, 3.05) is 10.6 Å². The first-order valence-electron chi connectivity index (χ1n) is 11.7. The van der Waals surface area contributed by atoms with Crippen LogP contribution < -0.4 is 15.4 Å². The molecule has 0 aliphatic heterocycles. The van der Waals surface area contributed by atoms with E-state index in [1.807, 2.05) is 18.2 Å². The largest absolute Gasteiger partial charge is 0.457 e. The number of nitriles is 1. The van der Waals surface area contributed by atoms with Crippen LogP contribution in [-0.2, 0) is 5.41 Å². The van der Waals surface area contributed by atoms with Crippen LogP contribution in [0.5, 0.6) is 11.5 Å². The van der Waals surface area contributed by atoms with Crippen LogP contribution >= 0.6 is 11.3 Å². The fourth-order valence-corrected chi connectivity index (χ4v) is 4.92. The van der Waals surface area contributed by atoms with Gasteiger partial charge in [0.25, 0.3) is 11.8 Å². The maximum absolute atomic E-state index is 12.9. The van der Waals surface area contributed by atoms with Crippen LogP contribution in [0.1, 0.15) is 39.3 Å². The molecule has 2 aromatic heterocycles. The fourth-order valence-electron chi connectivity index (χ4n) is 4.03. The number of hydrogen-bond acceptors (Lipinski definition) is 8. The van der Waals surface area contributed by atoms with E-state index in [1.54, 1.807) is 48.5 Å². The lowest BCUT2D eigenvalue weighted by Crippen LogP contribution is -2.13. The second kappa shape index (κ2) is 9.46. The monoisotopic (exact) mass is 521 g/mol. The molecule has 2 heterocycles. The number of oxazole rings is 1. The summed E-state index contributed by atoms with van der Waals surface area (Å²) in [6, 6.07) is 22.1. The Bertz CT molecular complexity index is 1720. The number of carbonyl (C=O) groups excluding carboxylic acids is 2. The van der Waals surface area contributed by atoms with Crippen LogP contribution in [-0.4, -0.2) is 21.8 Å². The molecule has 1 saturated carbocycles. The van der Waals surface area contributed by atoms with E-state index in [0.717, 1.165) is 23.1 Å². The van der Waals surface area contributed by atoms with E-state index in [-0.39, 0.29) is 11.6 Å². The number of rotatable bonds is 7. The van der Waals surface area contributed by atoms with Crippen molar-refractivity contribution in [1.29, 1.82) is 5.26 Å². The standard InChI is InChI=1S/C28H19N5O4S/c29-15-28(9-10-28)18-4-1-3-17(11-18)25(34)31-19-5-2-6-20(12-19)37-21-7-8-22-24(13-21)38-27(32-22)33-26(35)23-14-36-16-30-23/h1-8,11-14,16H,9-10H2,(H,31,34)(H,32,33,35). The van der Waals surface area contributed by atoms with Crippen molar-refractivity contribution in [3.05, 3.63) is 96.2 Å². The predicted molar refractivity (Wildman–Crippen MR) is 142 cm³/mol. The Balaban J connectivity index is 1.14. The van der Waals surface area contributed by atoms with Crippen LogP contribution in [0, 0.1) is 11.3 Å². The van der Waals surface area contributed by atoms with Crippen molar-refractivity contribution in [3.63, 3.8) is 0 Å². The molecule has 0 bridgehead atoms. The molecule has 0 atom stereocenters. The Labute approximate surface area is 220 Å². The number of ether oxygens (including phenoxy) is 1. The molecule has 38 heavy (non-hydrogen) atoms. The smallest absolute Gasteiger partial charge is 0.279 e. The van der Waals surface area contributed by atoms with Crippen molar-refractivity contribution in [3.8, 4) is 17.6 Å². The van der Waals surface area contributed by atoms with Gasteiger partial charge in [-0.3, -0.25) is 14.9 Å². The minimum absolute atomic E-state index is 0.168. The molecular formula is C28H19N5O4S. The highest BCUT2D eigenvalue weighted by Gasteiger charge is 2.45. The van der Waals surface area contributed by atoms with Gasteiger partial charge in [-0.25, -0.2) is 9.97 Å². The van der Waals surface area contributed by atoms with Gasteiger partial charge in [-0.1, -0.05) is 29.5 Å². The molecule has 0 spiro atoms. The lowest BCUT2D eigenvalue weighted by Gasteiger charge is -2.11. The first kappa shape index (κ1) is 23.4. The molecule has 6 rings (SSSR count). The molecular weight excluding hydrogens is 502 g/mol. The summed E-state index contributed by atoms with van der Waals surface area (Å²) >= 11 is 1.31. The van der Waals surface area contributed by atoms with Gasteiger partial charge in [0.05, 0.1) is 21.7 Å². The van der Waals surface area contributed by atoms with E-state index in [2.05, 4.69) is 26.7 Å². The molecule has 1 aliphatic rings. The zero-order valence-corrected chi connectivity index (χ0v) is 20.6. The normalized spacial score (nSPS) is 13.4. The van der Waals surface area contributed by atoms with Gasteiger partial charge >= 0.3 is 0 Å². The number of carbonyl (C=O) groups is 2. The maximum Gasteiger partial charge on any atom is 0.279 e. The summed E-state index contributed by atoms with van der Waals surface area (Å²) in [7, 11) is 0. The van der Waals surface area contributed by atoms with Crippen molar-refractivity contribution in [2.24, 2.45) is 0 Å². The molecule has 5 aromatic rings. The Kier molecular flexibility index (Phi) is 5.82. The molecule has 1 fully saturated rings. The number of nitrogens with one attached hydrogen (secondary N) is 2. The average Bonchev–Trinajstić information content (AvgIpc) is 3.33. The molecule has 1 aliphatic carbocycles. The SMILES string of the molecule is N#CC1(c2cccc(C(=O)Nc3cccc(Oc4ccc5nc(NC(=O)c6cocn6)sc5c4)c3)c2)CC1. The molecule has 0 unspecified atom stereocenters. The molecule has 2 amide bonds. The van der Waals surface area contributed by atoms with Gasteiger partial charge in [0, 0.05) is 23.4 Å².